The van der Waals surface area contributed by atoms with E-state index in [0.29, 0.717) is 25.2 Å². The van der Waals surface area contributed by atoms with Gasteiger partial charge < -0.3 is 9.47 Å². The predicted molar refractivity (Wildman–Crippen MR) is 98.3 cm³/mol. The highest BCUT2D eigenvalue weighted by molar-refractivity contribution is 5.94. The molecule has 1 aliphatic heterocycles. The van der Waals surface area contributed by atoms with Gasteiger partial charge in [-0.05, 0) is 30.9 Å². The molecule has 1 aromatic carbocycles. The zero-order valence-electron chi connectivity index (χ0n) is 15.3. The van der Waals surface area contributed by atoms with Crippen LogP contribution in [-0.4, -0.2) is 43.4 Å². The third-order valence-electron chi connectivity index (χ3n) is 4.92. The number of amides is 1. The van der Waals surface area contributed by atoms with Crippen LogP contribution in [0.3, 0.4) is 0 Å². The molecule has 0 radical (unpaired) electrons. The molecule has 1 unspecified atom stereocenters. The summed E-state index contributed by atoms with van der Waals surface area (Å²) >= 11 is 0. The van der Waals surface area contributed by atoms with Crippen LogP contribution in [0.25, 0.3) is 11.5 Å². The average molecular weight is 383 g/mol. The third kappa shape index (κ3) is 3.76. The van der Waals surface area contributed by atoms with Crippen LogP contribution in [0.15, 0.2) is 43.0 Å². The Hall–Kier alpha value is -3.16. The minimum Gasteiger partial charge on any atom is -0.338 e. The van der Waals surface area contributed by atoms with Crippen molar-refractivity contribution in [3.8, 4) is 11.5 Å². The van der Waals surface area contributed by atoms with E-state index in [0.717, 1.165) is 36.1 Å². The SMILES string of the molecule is Cn1ccnc1-c1cncc(CC2CCN(C(=O)c3cc(F)cc(F)c3)C2)n1. The molecule has 1 fully saturated rings. The Kier molecular flexibility index (Phi) is 4.85. The Morgan fingerprint density at radius 1 is 1.21 bits per heavy atom. The van der Waals surface area contributed by atoms with Crippen LogP contribution in [0.1, 0.15) is 22.5 Å². The minimum absolute atomic E-state index is 0.0368. The van der Waals surface area contributed by atoms with E-state index >= 15 is 0 Å². The van der Waals surface area contributed by atoms with Gasteiger partial charge in [0.1, 0.15) is 17.3 Å². The minimum atomic E-state index is -0.750. The van der Waals surface area contributed by atoms with Crippen LogP contribution >= 0.6 is 0 Å². The van der Waals surface area contributed by atoms with Crippen molar-refractivity contribution in [1.29, 1.82) is 0 Å². The monoisotopic (exact) mass is 383 g/mol. The molecule has 4 rings (SSSR count). The number of aromatic nitrogens is 4. The molecule has 1 amide bonds. The molecule has 2 aromatic heterocycles. The molecule has 1 atom stereocenters. The van der Waals surface area contributed by atoms with Gasteiger partial charge in [-0.1, -0.05) is 0 Å². The Labute approximate surface area is 160 Å². The lowest BCUT2D eigenvalue weighted by Crippen LogP contribution is -2.29. The fourth-order valence-electron chi connectivity index (χ4n) is 3.56. The number of hydrogen-bond donors (Lipinski definition) is 0. The maximum Gasteiger partial charge on any atom is 0.254 e. The van der Waals surface area contributed by atoms with E-state index in [1.807, 2.05) is 17.8 Å². The molecule has 0 bridgehead atoms. The molecule has 8 heteroatoms. The van der Waals surface area contributed by atoms with Gasteiger partial charge in [0.05, 0.1) is 11.9 Å². The molecule has 3 heterocycles. The molecule has 0 N–H and O–H groups in total. The summed E-state index contributed by atoms with van der Waals surface area (Å²) in [5.41, 5.74) is 1.57. The van der Waals surface area contributed by atoms with E-state index in [1.54, 1.807) is 23.5 Å². The second-order valence-electron chi connectivity index (χ2n) is 7.03. The molecular formula is C20H19F2N5O. The van der Waals surface area contributed by atoms with Gasteiger partial charge in [0.2, 0.25) is 0 Å². The zero-order valence-corrected chi connectivity index (χ0v) is 15.3. The van der Waals surface area contributed by atoms with Crippen LogP contribution in [0, 0.1) is 17.6 Å². The average Bonchev–Trinajstić information content (AvgIpc) is 3.29. The number of rotatable bonds is 4. The van der Waals surface area contributed by atoms with Gasteiger partial charge in [0.25, 0.3) is 5.91 Å². The van der Waals surface area contributed by atoms with Crippen molar-refractivity contribution in [3.63, 3.8) is 0 Å². The number of hydrogen-bond acceptors (Lipinski definition) is 4. The van der Waals surface area contributed by atoms with Crippen molar-refractivity contribution in [2.45, 2.75) is 12.8 Å². The topological polar surface area (TPSA) is 63.9 Å². The van der Waals surface area contributed by atoms with Crippen molar-refractivity contribution in [3.05, 3.63) is 65.9 Å². The Balaban J connectivity index is 1.44. The summed E-state index contributed by atoms with van der Waals surface area (Å²) in [5.74, 6) is -0.895. The fraction of sp³-hybridized carbons (Fsp3) is 0.300. The van der Waals surface area contributed by atoms with Gasteiger partial charge in [-0.3, -0.25) is 9.78 Å². The molecule has 0 aliphatic carbocycles. The third-order valence-corrected chi connectivity index (χ3v) is 4.92. The molecule has 28 heavy (non-hydrogen) atoms. The van der Waals surface area contributed by atoms with Crippen LogP contribution in [0.2, 0.25) is 0 Å². The van der Waals surface area contributed by atoms with E-state index in [-0.39, 0.29) is 17.4 Å². The number of imidazole rings is 1. The smallest absolute Gasteiger partial charge is 0.254 e. The van der Waals surface area contributed by atoms with Crippen LogP contribution < -0.4 is 0 Å². The highest BCUT2D eigenvalue weighted by atomic mass is 19.1. The Bertz CT molecular complexity index is 999. The van der Waals surface area contributed by atoms with Crippen molar-refractivity contribution < 1.29 is 13.6 Å². The molecule has 0 spiro atoms. The lowest BCUT2D eigenvalue weighted by molar-refractivity contribution is 0.0786. The Morgan fingerprint density at radius 2 is 2.00 bits per heavy atom. The molecule has 144 valence electrons. The summed E-state index contributed by atoms with van der Waals surface area (Å²) in [5, 5.41) is 0. The highest BCUT2D eigenvalue weighted by Gasteiger charge is 2.28. The van der Waals surface area contributed by atoms with Gasteiger partial charge >= 0.3 is 0 Å². The number of carbonyl (C=O) groups is 1. The second kappa shape index (κ2) is 7.46. The van der Waals surface area contributed by atoms with Crippen molar-refractivity contribution in [1.82, 2.24) is 24.4 Å². The van der Waals surface area contributed by atoms with E-state index in [4.69, 9.17) is 0 Å². The van der Waals surface area contributed by atoms with Crippen molar-refractivity contribution >= 4 is 5.91 Å². The number of nitrogens with zero attached hydrogens (tertiary/aromatic N) is 5. The standard InChI is InChI=1S/C20H19F2N5O/c1-26-5-3-24-19(26)18-11-23-10-17(25-18)6-13-2-4-27(12-13)20(28)14-7-15(21)9-16(22)8-14/h3,5,7-11,13H,2,4,6,12H2,1H3. The zero-order chi connectivity index (χ0) is 19.7. The maximum atomic E-state index is 13.4. The van der Waals surface area contributed by atoms with E-state index < -0.39 is 11.6 Å². The number of benzene rings is 1. The van der Waals surface area contributed by atoms with Crippen LogP contribution in [-0.2, 0) is 13.5 Å². The first-order chi connectivity index (χ1) is 13.5. The number of carbonyl (C=O) groups excluding carboxylic acids is 1. The van der Waals surface area contributed by atoms with Gasteiger partial charge in [-0.15, -0.1) is 0 Å². The predicted octanol–water partition coefficient (Wildman–Crippen LogP) is 2.86. The lowest BCUT2D eigenvalue weighted by atomic mass is 10.0. The summed E-state index contributed by atoms with van der Waals surface area (Å²) in [6.07, 6.45) is 8.43. The number of aryl methyl sites for hydroxylation is 1. The summed E-state index contributed by atoms with van der Waals surface area (Å²) in [6, 6.07) is 2.90. The Morgan fingerprint density at radius 3 is 2.71 bits per heavy atom. The van der Waals surface area contributed by atoms with Gasteiger partial charge in [-0.25, -0.2) is 18.7 Å². The largest absolute Gasteiger partial charge is 0.338 e. The molecule has 0 saturated carbocycles. The van der Waals surface area contributed by atoms with Crippen LogP contribution in [0.5, 0.6) is 0 Å². The van der Waals surface area contributed by atoms with Gasteiger partial charge in [-0.2, -0.15) is 0 Å². The summed E-state index contributed by atoms with van der Waals surface area (Å²) < 4.78 is 28.7. The number of halogens is 2. The van der Waals surface area contributed by atoms with Crippen molar-refractivity contribution in [2.24, 2.45) is 13.0 Å². The summed E-state index contributed by atoms with van der Waals surface area (Å²) in [6.45, 7) is 1.07. The van der Waals surface area contributed by atoms with Crippen LogP contribution in [0.4, 0.5) is 8.78 Å². The van der Waals surface area contributed by atoms with Gasteiger partial charge in [0, 0.05) is 50.4 Å². The second-order valence-corrected chi connectivity index (χ2v) is 7.03. The lowest BCUT2D eigenvalue weighted by Gasteiger charge is -2.17. The van der Waals surface area contributed by atoms with E-state index in [9.17, 15) is 13.6 Å². The van der Waals surface area contributed by atoms with Crippen molar-refractivity contribution in [2.75, 3.05) is 13.1 Å². The van der Waals surface area contributed by atoms with Gasteiger partial charge in [0.15, 0.2) is 5.82 Å². The first kappa shape index (κ1) is 18.2. The maximum absolute atomic E-state index is 13.4. The molecule has 6 nitrogen and oxygen atoms in total. The number of likely N-dealkylation sites (tertiary alicyclic amines) is 1. The van der Waals surface area contributed by atoms with E-state index in [1.165, 1.54) is 0 Å². The molecule has 1 aliphatic rings. The molecular weight excluding hydrogens is 364 g/mol. The van der Waals surface area contributed by atoms with E-state index in [2.05, 4.69) is 15.0 Å². The normalized spacial score (nSPS) is 16.5. The first-order valence-corrected chi connectivity index (χ1v) is 9.03. The summed E-state index contributed by atoms with van der Waals surface area (Å²) in [7, 11) is 1.90. The summed E-state index contributed by atoms with van der Waals surface area (Å²) in [4.78, 5) is 27.4. The molecule has 3 aromatic rings. The fourth-order valence-corrected chi connectivity index (χ4v) is 3.56. The highest BCUT2D eigenvalue weighted by Crippen LogP contribution is 2.23. The quantitative estimate of drug-likeness (QED) is 0.695. The first-order valence-electron chi connectivity index (χ1n) is 9.03. The molecule has 1 saturated heterocycles.